The van der Waals surface area contributed by atoms with Crippen LogP contribution in [0.4, 0.5) is 0 Å². The molecule has 0 radical (unpaired) electrons. The number of aromatic nitrogens is 2. The summed E-state index contributed by atoms with van der Waals surface area (Å²) in [5.41, 5.74) is 0.321. The zero-order chi connectivity index (χ0) is 11.5. The van der Waals surface area contributed by atoms with Crippen molar-refractivity contribution in [2.24, 2.45) is 0 Å². The third-order valence-electron chi connectivity index (χ3n) is 2.11. The monoisotopic (exact) mass is 216 g/mol. The first-order valence-electron chi connectivity index (χ1n) is 4.56. The number of benzene rings is 1. The molecule has 0 fully saturated rings. The van der Waals surface area contributed by atoms with Crippen LogP contribution in [0.1, 0.15) is 10.4 Å². The summed E-state index contributed by atoms with van der Waals surface area (Å²) < 4.78 is 0. The molecule has 0 spiro atoms. The summed E-state index contributed by atoms with van der Waals surface area (Å²) in [7, 11) is 0. The minimum Gasteiger partial charge on any atom is -0.478 e. The smallest absolute Gasteiger partial charge is 0.345 e. The van der Waals surface area contributed by atoms with Crippen molar-refractivity contribution in [3.05, 3.63) is 52.6 Å². The maximum absolute atomic E-state index is 11.1. The van der Waals surface area contributed by atoms with E-state index in [2.05, 4.69) is 9.97 Å². The lowest BCUT2D eigenvalue weighted by Crippen LogP contribution is -2.14. The second-order valence-corrected chi connectivity index (χ2v) is 3.15. The molecule has 0 bridgehead atoms. The normalized spacial score (nSPS) is 10.0. The number of aromatic amines is 1. The molecule has 2 aromatic rings. The lowest BCUT2D eigenvalue weighted by atomic mass is 10.1. The van der Waals surface area contributed by atoms with Crippen molar-refractivity contribution < 1.29 is 9.90 Å². The van der Waals surface area contributed by atoms with E-state index < -0.39 is 11.7 Å². The molecule has 1 heterocycles. The molecule has 0 saturated carbocycles. The molecule has 0 saturated heterocycles. The third-order valence-corrected chi connectivity index (χ3v) is 2.11. The van der Waals surface area contributed by atoms with E-state index in [-0.39, 0.29) is 11.3 Å². The first-order valence-corrected chi connectivity index (χ1v) is 4.56. The number of carboxylic acids is 1. The van der Waals surface area contributed by atoms with Gasteiger partial charge in [0, 0.05) is 6.20 Å². The zero-order valence-electron chi connectivity index (χ0n) is 8.18. The molecule has 0 amide bonds. The van der Waals surface area contributed by atoms with Crippen LogP contribution in [0.25, 0.3) is 11.3 Å². The molecule has 16 heavy (non-hydrogen) atoms. The minimum absolute atomic E-state index is 0.0224. The Morgan fingerprint density at radius 2 is 1.94 bits per heavy atom. The molecule has 0 aliphatic carbocycles. The van der Waals surface area contributed by atoms with Crippen LogP contribution in [0.5, 0.6) is 0 Å². The zero-order valence-corrected chi connectivity index (χ0v) is 8.18. The average Bonchev–Trinajstić information content (AvgIpc) is 2.29. The third kappa shape index (κ3) is 1.83. The second-order valence-electron chi connectivity index (χ2n) is 3.15. The largest absolute Gasteiger partial charge is 0.478 e. The summed E-state index contributed by atoms with van der Waals surface area (Å²) in [4.78, 5) is 27.8. The van der Waals surface area contributed by atoms with E-state index in [1.54, 1.807) is 24.3 Å². The van der Waals surface area contributed by atoms with E-state index in [0.717, 1.165) is 6.20 Å². The number of aromatic carboxylic acids is 1. The van der Waals surface area contributed by atoms with Crippen LogP contribution in [0.15, 0.2) is 41.3 Å². The lowest BCUT2D eigenvalue weighted by molar-refractivity contribution is 0.0697. The Morgan fingerprint density at radius 3 is 2.56 bits per heavy atom. The van der Waals surface area contributed by atoms with Crippen LogP contribution in [-0.2, 0) is 0 Å². The molecule has 0 aliphatic rings. The van der Waals surface area contributed by atoms with Crippen molar-refractivity contribution in [1.82, 2.24) is 9.97 Å². The van der Waals surface area contributed by atoms with Crippen LogP contribution in [0.3, 0.4) is 0 Å². The number of hydrogen-bond donors (Lipinski definition) is 2. The number of carbonyl (C=O) groups is 1. The maximum Gasteiger partial charge on any atom is 0.345 e. The van der Waals surface area contributed by atoms with Gasteiger partial charge in [0.05, 0.1) is 5.69 Å². The molecular formula is C11H8N2O3. The van der Waals surface area contributed by atoms with Gasteiger partial charge in [0.2, 0.25) is 0 Å². The summed E-state index contributed by atoms with van der Waals surface area (Å²) >= 11 is 0. The number of carboxylic acid groups (broad SMARTS) is 1. The fourth-order valence-corrected chi connectivity index (χ4v) is 1.39. The van der Waals surface area contributed by atoms with Crippen LogP contribution in [0.2, 0.25) is 0 Å². The Bertz CT molecular complexity index is 575. The topological polar surface area (TPSA) is 83.0 Å². The number of H-pyrrole nitrogens is 1. The number of nitrogens with zero attached hydrogens (tertiary/aromatic N) is 1. The quantitative estimate of drug-likeness (QED) is 0.788. The van der Waals surface area contributed by atoms with Crippen molar-refractivity contribution in [2.75, 3.05) is 0 Å². The Kier molecular flexibility index (Phi) is 2.51. The van der Waals surface area contributed by atoms with E-state index in [1.807, 2.05) is 6.07 Å². The van der Waals surface area contributed by atoms with E-state index in [9.17, 15) is 9.59 Å². The van der Waals surface area contributed by atoms with Crippen molar-refractivity contribution in [3.8, 4) is 11.3 Å². The molecule has 0 aliphatic heterocycles. The highest BCUT2D eigenvalue weighted by molar-refractivity contribution is 5.94. The first kappa shape index (κ1) is 10.1. The number of hydrogen-bond acceptors (Lipinski definition) is 3. The van der Waals surface area contributed by atoms with Gasteiger partial charge in [-0.05, 0) is 5.56 Å². The molecule has 2 rings (SSSR count). The predicted octanol–water partition coefficient (Wildman–Crippen LogP) is 1.14. The van der Waals surface area contributed by atoms with Gasteiger partial charge in [-0.1, -0.05) is 30.3 Å². The van der Waals surface area contributed by atoms with E-state index >= 15 is 0 Å². The Balaban J connectivity index is 2.68. The Morgan fingerprint density at radius 1 is 1.25 bits per heavy atom. The predicted molar refractivity (Wildman–Crippen MR) is 57.3 cm³/mol. The summed E-state index contributed by atoms with van der Waals surface area (Å²) in [6.07, 6.45) is 1.06. The lowest BCUT2D eigenvalue weighted by Gasteiger charge is -2.04. The van der Waals surface area contributed by atoms with Crippen LogP contribution in [-0.4, -0.2) is 21.0 Å². The molecule has 80 valence electrons. The molecule has 5 heteroatoms. The molecule has 0 unspecified atom stereocenters. The second kappa shape index (κ2) is 3.98. The highest BCUT2D eigenvalue weighted by Crippen LogP contribution is 2.18. The fraction of sp³-hybridized carbons (Fsp3) is 0. The van der Waals surface area contributed by atoms with Gasteiger partial charge in [-0.3, -0.25) is 0 Å². The molecule has 1 aromatic carbocycles. The average molecular weight is 216 g/mol. The maximum atomic E-state index is 11.1. The summed E-state index contributed by atoms with van der Waals surface area (Å²) in [6.45, 7) is 0. The Hall–Kier alpha value is -2.43. The number of nitrogens with one attached hydrogen (secondary N) is 1. The summed E-state index contributed by atoms with van der Waals surface area (Å²) in [6, 6.07) is 8.78. The van der Waals surface area contributed by atoms with Crippen LogP contribution >= 0.6 is 0 Å². The van der Waals surface area contributed by atoms with Crippen molar-refractivity contribution >= 4 is 5.97 Å². The number of rotatable bonds is 2. The van der Waals surface area contributed by atoms with Gasteiger partial charge in [0.15, 0.2) is 0 Å². The van der Waals surface area contributed by atoms with Gasteiger partial charge in [-0.25, -0.2) is 14.6 Å². The highest BCUT2D eigenvalue weighted by atomic mass is 16.4. The molecule has 0 atom stereocenters. The van der Waals surface area contributed by atoms with Gasteiger partial charge in [0.1, 0.15) is 5.56 Å². The van der Waals surface area contributed by atoms with Gasteiger partial charge in [0.25, 0.3) is 0 Å². The Labute approximate surface area is 90.4 Å². The summed E-state index contributed by atoms with van der Waals surface area (Å²) in [5, 5.41) is 8.96. The van der Waals surface area contributed by atoms with Gasteiger partial charge in [-0.15, -0.1) is 0 Å². The SMILES string of the molecule is O=C(O)c1cnc(=O)[nH]c1-c1ccccc1. The van der Waals surface area contributed by atoms with E-state index in [1.165, 1.54) is 0 Å². The van der Waals surface area contributed by atoms with Gasteiger partial charge >= 0.3 is 11.7 Å². The fourth-order valence-electron chi connectivity index (χ4n) is 1.39. The molecule has 1 aromatic heterocycles. The van der Waals surface area contributed by atoms with Crippen molar-refractivity contribution in [2.45, 2.75) is 0 Å². The van der Waals surface area contributed by atoms with E-state index in [4.69, 9.17) is 5.11 Å². The van der Waals surface area contributed by atoms with Crippen LogP contribution in [0, 0.1) is 0 Å². The van der Waals surface area contributed by atoms with E-state index in [0.29, 0.717) is 5.56 Å². The molecule has 2 N–H and O–H groups in total. The highest BCUT2D eigenvalue weighted by Gasteiger charge is 2.12. The van der Waals surface area contributed by atoms with Crippen molar-refractivity contribution in [1.29, 1.82) is 0 Å². The van der Waals surface area contributed by atoms with Gasteiger partial charge < -0.3 is 10.1 Å². The standard InChI is InChI=1S/C11H8N2O3/c14-10(15)8-6-12-11(16)13-9(8)7-4-2-1-3-5-7/h1-6H,(H,14,15)(H,12,13,16). The van der Waals surface area contributed by atoms with Gasteiger partial charge in [-0.2, -0.15) is 0 Å². The van der Waals surface area contributed by atoms with Crippen molar-refractivity contribution in [3.63, 3.8) is 0 Å². The van der Waals surface area contributed by atoms with Crippen LogP contribution < -0.4 is 5.69 Å². The first-order chi connectivity index (χ1) is 7.68. The molecular weight excluding hydrogens is 208 g/mol. The minimum atomic E-state index is -1.12. The molecule has 5 nitrogen and oxygen atoms in total. The summed E-state index contributed by atoms with van der Waals surface area (Å²) in [5.74, 6) is -1.12.